The lowest BCUT2D eigenvalue weighted by atomic mass is 10.0. The fraction of sp³-hybridized carbons (Fsp3) is 0.875. The quantitative estimate of drug-likeness (QED) is 0.364. The van der Waals surface area contributed by atoms with Crippen LogP contribution in [-0.2, 0) is 9.53 Å². The number of azide groups is 1. The van der Waals surface area contributed by atoms with Gasteiger partial charge in [-0.25, -0.2) is 0 Å². The molecule has 0 bridgehead atoms. The van der Waals surface area contributed by atoms with Crippen molar-refractivity contribution in [3.8, 4) is 0 Å². The molecule has 2 saturated heterocycles. The van der Waals surface area contributed by atoms with E-state index in [1.807, 2.05) is 0 Å². The lowest BCUT2D eigenvalue weighted by molar-refractivity contribution is -0.129. The van der Waals surface area contributed by atoms with E-state index in [0.29, 0.717) is 11.8 Å². The standard InChI is InChI=1S/C8H12N4O2/c9-11-10-1-8(13)12-2-6-4-14-5-7(6)3-12/h6-7H,1-5H2/t6-,7-/m0/s1. The number of fused-ring (bicyclic) bond motifs is 1. The molecule has 2 fully saturated rings. The SMILES string of the molecule is [N-]=[N+]=NCC(=O)N1C[C@H]2COC[C@@H]2C1. The van der Waals surface area contributed by atoms with Crippen molar-refractivity contribution in [2.24, 2.45) is 17.0 Å². The summed E-state index contributed by atoms with van der Waals surface area (Å²) in [5.74, 6) is 0.909. The summed E-state index contributed by atoms with van der Waals surface area (Å²) in [5.41, 5.74) is 8.09. The first-order chi connectivity index (χ1) is 6.81. The van der Waals surface area contributed by atoms with Crippen molar-refractivity contribution in [3.63, 3.8) is 0 Å². The van der Waals surface area contributed by atoms with Gasteiger partial charge in [0.2, 0.25) is 5.91 Å². The number of likely N-dealkylation sites (tertiary alicyclic amines) is 1. The monoisotopic (exact) mass is 196 g/mol. The minimum absolute atomic E-state index is 0.0587. The molecule has 0 saturated carbocycles. The third-order valence-electron chi connectivity index (χ3n) is 2.86. The fourth-order valence-corrected chi connectivity index (χ4v) is 2.08. The van der Waals surface area contributed by atoms with Crippen LogP contribution in [0.5, 0.6) is 0 Å². The van der Waals surface area contributed by atoms with Gasteiger partial charge in [-0.3, -0.25) is 4.79 Å². The molecule has 2 heterocycles. The van der Waals surface area contributed by atoms with Crippen LogP contribution in [0.4, 0.5) is 0 Å². The molecule has 2 aliphatic rings. The highest BCUT2D eigenvalue weighted by Gasteiger charge is 2.38. The summed E-state index contributed by atoms with van der Waals surface area (Å²) in [4.78, 5) is 15.8. The predicted octanol–water partition coefficient (Wildman–Crippen LogP) is 0.401. The Morgan fingerprint density at radius 2 is 2.14 bits per heavy atom. The van der Waals surface area contributed by atoms with Crippen molar-refractivity contribution in [1.29, 1.82) is 0 Å². The summed E-state index contributed by atoms with van der Waals surface area (Å²) in [6.07, 6.45) is 0. The van der Waals surface area contributed by atoms with E-state index in [1.54, 1.807) is 4.90 Å². The molecule has 0 radical (unpaired) electrons. The molecule has 0 aromatic rings. The van der Waals surface area contributed by atoms with E-state index in [1.165, 1.54) is 0 Å². The highest BCUT2D eigenvalue weighted by Crippen LogP contribution is 2.28. The van der Waals surface area contributed by atoms with Gasteiger partial charge in [-0.1, -0.05) is 5.11 Å². The second-order valence-corrected chi connectivity index (χ2v) is 3.75. The zero-order chi connectivity index (χ0) is 9.97. The second kappa shape index (κ2) is 3.86. The van der Waals surface area contributed by atoms with Gasteiger partial charge < -0.3 is 9.64 Å². The number of nitrogens with zero attached hydrogens (tertiary/aromatic N) is 4. The molecule has 0 spiro atoms. The molecule has 0 aliphatic carbocycles. The van der Waals surface area contributed by atoms with Crippen molar-refractivity contribution in [1.82, 2.24) is 4.90 Å². The lowest BCUT2D eigenvalue weighted by Gasteiger charge is -2.15. The number of ether oxygens (including phenoxy) is 1. The highest BCUT2D eigenvalue weighted by molar-refractivity contribution is 5.78. The van der Waals surface area contributed by atoms with Gasteiger partial charge in [0.1, 0.15) is 6.54 Å². The summed E-state index contributed by atoms with van der Waals surface area (Å²) in [6.45, 7) is 2.97. The normalized spacial score (nSPS) is 29.9. The Bertz CT molecular complexity index is 275. The minimum Gasteiger partial charge on any atom is -0.381 e. The van der Waals surface area contributed by atoms with E-state index in [9.17, 15) is 4.79 Å². The lowest BCUT2D eigenvalue weighted by Crippen LogP contribution is -2.31. The largest absolute Gasteiger partial charge is 0.381 e. The summed E-state index contributed by atoms with van der Waals surface area (Å²) in [7, 11) is 0. The number of carbonyl (C=O) groups excluding carboxylic acids is 1. The molecule has 2 rings (SSSR count). The van der Waals surface area contributed by atoms with Gasteiger partial charge in [-0.05, 0) is 5.53 Å². The molecular weight excluding hydrogens is 184 g/mol. The van der Waals surface area contributed by atoms with Crippen LogP contribution in [0.2, 0.25) is 0 Å². The summed E-state index contributed by atoms with van der Waals surface area (Å²) in [5, 5.41) is 3.27. The first-order valence-electron chi connectivity index (χ1n) is 4.67. The van der Waals surface area contributed by atoms with E-state index in [0.717, 1.165) is 26.3 Å². The van der Waals surface area contributed by atoms with Crippen molar-refractivity contribution < 1.29 is 9.53 Å². The van der Waals surface area contributed by atoms with Crippen LogP contribution in [-0.4, -0.2) is 43.7 Å². The molecule has 76 valence electrons. The maximum absolute atomic E-state index is 11.5. The Hall–Kier alpha value is -1.26. The van der Waals surface area contributed by atoms with Crippen LogP contribution < -0.4 is 0 Å². The molecule has 0 aromatic heterocycles. The maximum Gasteiger partial charge on any atom is 0.228 e. The Balaban J connectivity index is 1.89. The van der Waals surface area contributed by atoms with Crippen molar-refractivity contribution >= 4 is 5.91 Å². The number of rotatable bonds is 2. The van der Waals surface area contributed by atoms with Crippen LogP contribution >= 0.6 is 0 Å². The van der Waals surface area contributed by atoms with Gasteiger partial charge in [0.15, 0.2) is 0 Å². The third kappa shape index (κ3) is 1.66. The molecule has 1 amide bonds. The number of hydrogen-bond donors (Lipinski definition) is 0. The summed E-state index contributed by atoms with van der Waals surface area (Å²) >= 11 is 0. The highest BCUT2D eigenvalue weighted by atomic mass is 16.5. The molecule has 6 nitrogen and oxygen atoms in total. The van der Waals surface area contributed by atoms with E-state index in [4.69, 9.17) is 10.3 Å². The minimum atomic E-state index is -0.0720. The molecule has 2 atom stereocenters. The molecule has 14 heavy (non-hydrogen) atoms. The van der Waals surface area contributed by atoms with E-state index >= 15 is 0 Å². The smallest absolute Gasteiger partial charge is 0.228 e. The number of carbonyl (C=O) groups is 1. The molecule has 0 unspecified atom stereocenters. The zero-order valence-corrected chi connectivity index (χ0v) is 7.80. The van der Waals surface area contributed by atoms with Gasteiger partial charge in [0, 0.05) is 29.8 Å². The Labute approximate surface area is 81.5 Å². The van der Waals surface area contributed by atoms with Crippen LogP contribution in [0.15, 0.2) is 5.11 Å². The summed E-state index contributed by atoms with van der Waals surface area (Å²) in [6, 6.07) is 0. The van der Waals surface area contributed by atoms with Gasteiger partial charge in [0.05, 0.1) is 13.2 Å². The number of hydrogen-bond acceptors (Lipinski definition) is 3. The van der Waals surface area contributed by atoms with Gasteiger partial charge in [-0.15, -0.1) is 0 Å². The average Bonchev–Trinajstić information content (AvgIpc) is 2.72. The third-order valence-corrected chi connectivity index (χ3v) is 2.86. The molecule has 6 heteroatoms. The van der Waals surface area contributed by atoms with Gasteiger partial charge in [0.25, 0.3) is 0 Å². The van der Waals surface area contributed by atoms with Gasteiger partial charge in [-0.2, -0.15) is 0 Å². The molecule has 0 aromatic carbocycles. The Morgan fingerprint density at radius 1 is 1.50 bits per heavy atom. The van der Waals surface area contributed by atoms with Crippen molar-refractivity contribution in [2.45, 2.75) is 0 Å². The van der Waals surface area contributed by atoms with Crippen LogP contribution in [0.25, 0.3) is 10.4 Å². The maximum atomic E-state index is 11.5. The second-order valence-electron chi connectivity index (χ2n) is 3.75. The molecule has 2 aliphatic heterocycles. The topological polar surface area (TPSA) is 78.3 Å². The average molecular weight is 196 g/mol. The fourth-order valence-electron chi connectivity index (χ4n) is 2.08. The molecule has 0 N–H and O–H groups in total. The van der Waals surface area contributed by atoms with Crippen LogP contribution in [0.1, 0.15) is 0 Å². The van der Waals surface area contributed by atoms with Gasteiger partial charge >= 0.3 is 0 Å². The van der Waals surface area contributed by atoms with E-state index < -0.39 is 0 Å². The first kappa shape index (κ1) is 9.30. The van der Waals surface area contributed by atoms with Crippen molar-refractivity contribution in [3.05, 3.63) is 10.4 Å². The molecular formula is C8H12N4O2. The van der Waals surface area contributed by atoms with Crippen LogP contribution in [0, 0.1) is 11.8 Å². The summed E-state index contributed by atoms with van der Waals surface area (Å²) < 4.78 is 5.30. The van der Waals surface area contributed by atoms with E-state index in [-0.39, 0.29) is 12.5 Å². The number of amides is 1. The van der Waals surface area contributed by atoms with Crippen molar-refractivity contribution in [2.75, 3.05) is 32.8 Å². The predicted molar refractivity (Wildman–Crippen MR) is 48.4 cm³/mol. The van der Waals surface area contributed by atoms with Crippen LogP contribution in [0.3, 0.4) is 0 Å². The zero-order valence-electron chi connectivity index (χ0n) is 7.80. The first-order valence-corrected chi connectivity index (χ1v) is 4.67. The Morgan fingerprint density at radius 3 is 2.71 bits per heavy atom. The Kier molecular flexibility index (Phi) is 2.56. The van der Waals surface area contributed by atoms with E-state index in [2.05, 4.69) is 10.0 Å².